The molecule has 4 unspecified atom stereocenters. The van der Waals surface area contributed by atoms with Crippen molar-refractivity contribution in [2.75, 3.05) is 40.6 Å². The van der Waals surface area contributed by atoms with Gasteiger partial charge >= 0.3 is 0 Å². The summed E-state index contributed by atoms with van der Waals surface area (Å²) in [6, 6.07) is 0. The quantitative estimate of drug-likeness (QED) is 0.546. The Morgan fingerprint density at radius 3 is 2.21 bits per heavy atom. The van der Waals surface area contributed by atoms with Gasteiger partial charge in [-0.15, -0.1) is 0 Å². The summed E-state index contributed by atoms with van der Waals surface area (Å²) in [7, 11) is 3.30. The second kappa shape index (κ2) is 7.83. The standard InChI is InChI=1S/C10H12.C6H14O3/c1-2-9-7-4-5-8(6-7)10(9)3-1;1-7-3-5-9-6-4-8-2/h1-2,4-5,7-10H,3,6H2;3-6H2,1-2H3. The van der Waals surface area contributed by atoms with E-state index in [4.69, 9.17) is 14.2 Å². The van der Waals surface area contributed by atoms with Crippen molar-refractivity contribution in [2.45, 2.75) is 12.8 Å². The van der Waals surface area contributed by atoms with Crippen molar-refractivity contribution in [2.24, 2.45) is 23.7 Å². The van der Waals surface area contributed by atoms with Gasteiger partial charge in [-0.05, 0) is 36.5 Å². The smallest absolute Gasteiger partial charge is 0.0701 e. The highest BCUT2D eigenvalue weighted by molar-refractivity contribution is 5.21. The number of hydrogen-bond acceptors (Lipinski definition) is 3. The highest BCUT2D eigenvalue weighted by Crippen LogP contribution is 2.52. The summed E-state index contributed by atoms with van der Waals surface area (Å²) >= 11 is 0. The molecule has 0 saturated heterocycles. The minimum Gasteiger partial charge on any atom is -0.382 e. The highest BCUT2D eigenvalue weighted by atomic mass is 16.5. The molecule has 0 heterocycles. The van der Waals surface area contributed by atoms with Gasteiger partial charge in [0.2, 0.25) is 0 Å². The molecule has 2 bridgehead atoms. The summed E-state index contributed by atoms with van der Waals surface area (Å²) in [5, 5.41) is 0. The molecule has 0 radical (unpaired) electrons. The maximum Gasteiger partial charge on any atom is 0.0701 e. The summed E-state index contributed by atoms with van der Waals surface area (Å²) in [6.07, 6.45) is 12.5. The zero-order chi connectivity index (χ0) is 13.5. The van der Waals surface area contributed by atoms with Crippen LogP contribution < -0.4 is 0 Å². The molecule has 108 valence electrons. The summed E-state index contributed by atoms with van der Waals surface area (Å²) < 4.78 is 14.6. The van der Waals surface area contributed by atoms with Gasteiger partial charge in [-0.1, -0.05) is 24.3 Å². The summed E-state index contributed by atoms with van der Waals surface area (Å²) in [4.78, 5) is 0. The minimum atomic E-state index is 0.653. The fourth-order valence-corrected chi connectivity index (χ4v) is 3.36. The molecular formula is C16H26O3. The van der Waals surface area contributed by atoms with Crippen LogP contribution in [0.4, 0.5) is 0 Å². The average Bonchev–Trinajstić information content (AvgIpc) is 3.13. The third kappa shape index (κ3) is 3.91. The van der Waals surface area contributed by atoms with Crippen LogP contribution in [-0.2, 0) is 14.2 Å². The van der Waals surface area contributed by atoms with Crippen LogP contribution in [0.2, 0.25) is 0 Å². The highest BCUT2D eigenvalue weighted by Gasteiger charge is 2.44. The number of rotatable bonds is 6. The van der Waals surface area contributed by atoms with Gasteiger partial charge in [-0.25, -0.2) is 0 Å². The summed E-state index contributed by atoms with van der Waals surface area (Å²) in [5.74, 6) is 3.82. The zero-order valence-corrected chi connectivity index (χ0v) is 12.1. The lowest BCUT2D eigenvalue weighted by Gasteiger charge is -2.18. The maximum absolute atomic E-state index is 5.06. The predicted octanol–water partition coefficient (Wildman–Crippen LogP) is 2.68. The van der Waals surface area contributed by atoms with E-state index in [9.17, 15) is 0 Å². The Hall–Kier alpha value is -0.640. The molecule has 0 aromatic carbocycles. The molecule has 19 heavy (non-hydrogen) atoms. The molecule has 3 nitrogen and oxygen atoms in total. The van der Waals surface area contributed by atoms with Crippen LogP contribution in [0.3, 0.4) is 0 Å². The van der Waals surface area contributed by atoms with E-state index < -0.39 is 0 Å². The van der Waals surface area contributed by atoms with Crippen molar-refractivity contribution in [3.8, 4) is 0 Å². The first kappa shape index (κ1) is 14.8. The lowest BCUT2D eigenvalue weighted by Crippen LogP contribution is -2.12. The Balaban J connectivity index is 0.000000142. The van der Waals surface area contributed by atoms with E-state index >= 15 is 0 Å². The molecule has 0 aliphatic heterocycles. The van der Waals surface area contributed by atoms with Crippen LogP contribution in [0.15, 0.2) is 24.3 Å². The second-order valence-electron chi connectivity index (χ2n) is 5.45. The van der Waals surface area contributed by atoms with Crippen LogP contribution in [0.25, 0.3) is 0 Å². The Morgan fingerprint density at radius 1 is 0.895 bits per heavy atom. The summed E-state index contributed by atoms with van der Waals surface area (Å²) in [6.45, 7) is 2.62. The van der Waals surface area contributed by atoms with Crippen molar-refractivity contribution < 1.29 is 14.2 Å². The molecule has 0 aromatic heterocycles. The van der Waals surface area contributed by atoms with E-state index in [1.165, 1.54) is 12.8 Å². The van der Waals surface area contributed by atoms with Crippen molar-refractivity contribution >= 4 is 0 Å². The number of methoxy groups -OCH3 is 2. The lowest BCUT2D eigenvalue weighted by molar-refractivity contribution is 0.0385. The van der Waals surface area contributed by atoms with Gasteiger partial charge in [0.1, 0.15) is 0 Å². The number of allylic oxidation sites excluding steroid dienone is 4. The maximum atomic E-state index is 5.06. The van der Waals surface area contributed by atoms with Gasteiger partial charge in [-0.3, -0.25) is 0 Å². The van der Waals surface area contributed by atoms with Crippen LogP contribution >= 0.6 is 0 Å². The van der Waals surface area contributed by atoms with E-state index in [0.717, 1.165) is 23.7 Å². The molecule has 3 rings (SSSR count). The van der Waals surface area contributed by atoms with Crippen LogP contribution in [0, 0.1) is 23.7 Å². The largest absolute Gasteiger partial charge is 0.382 e. The molecule has 0 amide bonds. The molecule has 0 N–H and O–H groups in total. The van der Waals surface area contributed by atoms with Crippen molar-refractivity contribution in [3.63, 3.8) is 0 Å². The Kier molecular flexibility index (Phi) is 6.08. The van der Waals surface area contributed by atoms with Gasteiger partial charge in [0.25, 0.3) is 0 Å². The fourth-order valence-electron chi connectivity index (χ4n) is 3.36. The molecule has 3 heteroatoms. The van der Waals surface area contributed by atoms with E-state index in [0.29, 0.717) is 26.4 Å². The zero-order valence-electron chi connectivity index (χ0n) is 12.1. The average molecular weight is 266 g/mol. The molecule has 3 aliphatic rings. The second-order valence-corrected chi connectivity index (χ2v) is 5.45. The normalized spacial score (nSPS) is 33.4. The molecule has 3 aliphatic carbocycles. The molecule has 1 fully saturated rings. The number of hydrogen-bond donors (Lipinski definition) is 0. The summed E-state index contributed by atoms with van der Waals surface area (Å²) in [5.41, 5.74) is 0. The van der Waals surface area contributed by atoms with E-state index in [1.807, 2.05) is 0 Å². The van der Waals surface area contributed by atoms with Crippen molar-refractivity contribution in [3.05, 3.63) is 24.3 Å². The SMILES string of the molecule is C1=CC2C3C=CC(C3)C2C1.COCCOCCOC. The molecule has 4 atom stereocenters. The van der Waals surface area contributed by atoms with Crippen molar-refractivity contribution in [1.82, 2.24) is 0 Å². The predicted molar refractivity (Wildman–Crippen MR) is 76.0 cm³/mol. The van der Waals surface area contributed by atoms with E-state index in [1.54, 1.807) is 14.2 Å². The Bertz CT molecular complexity index is 305. The number of ether oxygens (including phenoxy) is 3. The minimum absolute atomic E-state index is 0.653. The van der Waals surface area contributed by atoms with Gasteiger partial charge < -0.3 is 14.2 Å². The molecular weight excluding hydrogens is 240 g/mol. The van der Waals surface area contributed by atoms with Gasteiger partial charge in [0.15, 0.2) is 0 Å². The monoisotopic (exact) mass is 266 g/mol. The van der Waals surface area contributed by atoms with Gasteiger partial charge in [0, 0.05) is 14.2 Å². The Labute approximate surface area is 116 Å². The topological polar surface area (TPSA) is 27.7 Å². The van der Waals surface area contributed by atoms with Crippen LogP contribution in [0.5, 0.6) is 0 Å². The first-order valence-electron chi connectivity index (χ1n) is 7.27. The van der Waals surface area contributed by atoms with Crippen LogP contribution in [0.1, 0.15) is 12.8 Å². The molecule has 1 saturated carbocycles. The lowest BCUT2D eigenvalue weighted by atomic mass is 9.86. The first-order chi connectivity index (χ1) is 9.36. The van der Waals surface area contributed by atoms with Crippen LogP contribution in [-0.4, -0.2) is 40.6 Å². The fraction of sp³-hybridized carbons (Fsp3) is 0.750. The van der Waals surface area contributed by atoms with Gasteiger partial charge in [0.05, 0.1) is 26.4 Å². The first-order valence-corrected chi connectivity index (χ1v) is 7.27. The van der Waals surface area contributed by atoms with Gasteiger partial charge in [-0.2, -0.15) is 0 Å². The number of fused-ring (bicyclic) bond motifs is 5. The third-order valence-corrected chi connectivity index (χ3v) is 4.32. The van der Waals surface area contributed by atoms with Crippen molar-refractivity contribution in [1.29, 1.82) is 0 Å². The third-order valence-electron chi connectivity index (χ3n) is 4.32. The molecule has 0 spiro atoms. The van der Waals surface area contributed by atoms with E-state index in [-0.39, 0.29) is 0 Å². The van der Waals surface area contributed by atoms with E-state index in [2.05, 4.69) is 24.3 Å². The Morgan fingerprint density at radius 2 is 1.58 bits per heavy atom. The molecule has 0 aromatic rings.